The third-order valence-electron chi connectivity index (χ3n) is 4.70. The van der Waals surface area contributed by atoms with Crippen LogP contribution in [0.15, 0.2) is 90.0 Å². The molecule has 0 radical (unpaired) electrons. The minimum atomic E-state index is -0.736. The Morgan fingerprint density at radius 2 is 1.58 bits per heavy atom. The SMILES string of the molecule is O=C(COC(=O)C1=NN(c2ccccc2)C(=O)CC1)Nc1cccc(Oc2ccccc2)c1. The molecule has 4 rings (SSSR count). The van der Waals surface area contributed by atoms with Crippen molar-refractivity contribution in [1.82, 2.24) is 0 Å². The Kier molecular flexibility index (Phi) is 6.75. The zero-order chi connectivity index (χ0) is 23.0. The molecule has 0 bridgehead atoms. The van der Waals surface area contributed by atoms with Crippen LogP contribution in [0.4, 0.5) is 11.4 Å². The van der Waals surface area contributed by atoms with Gasteiger partial charge in [-0.15, -0.1) is 0 Å². The van der Waals surface area contributed by atoms with Gasteiger partial charge in [-0.05, 0) is 36.4 Å². The largest absolute Gasteiger partial charge is 0.457 e. The fourth-order valence-electron chi connectivity index (χ4n) is 3.14. The molecular formula is C25H21N3O5. The van der Waals surface area contributed by atoms with Crippen LogP contribution >= 0.6 is 0 Å². The fraction of sp³-hybridized carbons (Fsp3) is 0.120. The summed E-state index contributed by atoms with van der Waals surface area (Å²) in [5.41, 5.74) is 1.15. The molecule has 8 heteroatoms. The first kappa shape index (κ1) is 21.8. The smallest absolute Gasteiger partial charge is 0.355 e. The second-order valence-electron chi connectivity index (χ2n) is 7.16. The van der Waals surface area contributed by atoms with Crippen molar-refractivity contribution < 1.29 is 23.9 Å². The number of rotatable bonds is 7. The van der Waals surface area contributed by atoms with Gasteiger partial charge in [-0.2, -0.15) is 5.10 Å². The van der Waals surface area contributed by atoms with Crippen molar-refractivity contribution in [3.63, 3.8) is 0 Å². The molecule has 1 aliphatic heterocycles. The van der Waals surface area contributed by atoms with Crippen LogP contribution in [0, 0.1) is 0 Å². The number of esters is 1. The van der Waals surface area contributed by atoms with E-state index in [4.69, 9.17) is 9.47 Å². The molecule has 0 spiro atoms. The molecule has 1 heterocycles. The molecule has 3 aromatic carbocycles. The van der Waals surface area contributed by atoms with E-state index in [1.54, 1.807) is 48.5 Å². The Labute approximate surface area is 190 Å². The summed E-state index contributed by atoms with van der Waals surface area (Å²) in [5, 5.41) is 7.97. The maximum Gasteiger partial charge on any atom is 0.355 e. The first-order valence-electron chi connectivity index (χ1n) is 10.3. The van der Waals surface area contributed by atoms with Gasteiger partial charge in [0.2, 0.25) is 5.91 Å². The lowest BCUT2D eigenvalue weighted by atomic mass is 10.1. The highest BCUT2D eigenvalue weighted by Gasteiger charge is 2.26. The van der Waals surface area contributed by atoms with Crippen LogP contribution in [0.5, 0.6) is 11.5 Å². The van der Waals surface area contributed by atoms with Crippen LogP contribution in [-0.4, -0.2) is 30.1 Å². The molecule has 2 amide bonds. The Hall–Kier alpha value is -4.46. The fourth-order valence-corrected chi connectivity index (χ4v) is 3.14. The molecule has 166 valence electrons. The summed E-state index contributed by atoms with van der Waals surface area (Å²) in [7, 11) is 0. The molecule has 0 unspecified atom stereocenters. The van der Waals surface area contributed by atoms with Gasteiger partial charge in [-0.3, -0.25) is 9.59 Å². The first-order valence-corrected chi connectivity index (χ1v) is 10.3. The topological polar surface area (TPSA) is 97.3 Å². The summed E-state index contributed by atoms with van der Waals surface area (Å²) < 4.78 is 10.9. The lowest BCUT2D eigenvalue weighted by Crippen LogP contribution is -2.35. The van der Waals surface area contributed by atoms with Crippen molar-refractivity contribution in [2.45, 2.75) is 12.8 Å². The minimum Gasteiger partial charge on any atom is -0.457 e. The van der Waals surface area contributed by atoms with Crippen LogP contribution in [0.25, 0.3) is 0 Å². The summed E-state index contributed by atoms with van der Waals surface area (Å²) in [4.78, 5) is 36.8. The monoisotopic (exact) mass is 443 g/mol. The molecule has 0 aromatic heterocycles. The van der Waals surface area contributed by atoms with Crippen molar-refractivity contribution in [1.29, 1.82) is 0 Å². The predicted molar refractivity (Wildman–Crippen MR) is 123 cm³/mol. The van der Waals surface area contributed by atoms with Crippen LogP contribution < -0.4 is 15.1 Å². The molecule has 0 aliphatic carbocycles. The maximum atomic E-state index is 12.4. The van der Waals surface area contributed by atoms with Crippen molar-refractivity contribution in [3.05, 3.63) is 84.9 Å². The summed E-state index contributed by atoms with van der Waals surface area (Å²) in [6.07, 6.45) is 0.282. The molecule has 8 nitrogen and oxygen atoms in total. The van der Waals surface area contributed by atoms with Gasteiger partial charge in [0.1, 0.15) is 17.2 Å². The van der Waals surface area contributed by atoms with Gasteiger partial charge >= 0.3 is 5.97 Å². The predicted octanol–water partition coefficient (Wildman–Crippen LogP) is 4.14. The van der Waals surface area contributed by atoms with Crippen LogP contribution in [0.1, 0.15) is 12.8 Å². The van der Waals surface area contributed by atoms with E-state index in [1.807, 2.05) is 36.4 Å². The molecule has 33 heavy (non-hydrogen) atoms. The first-order chi connectivity index (χ1) is 16.1. The number of para-hydroxylation sites is 2. The molecule has 0 saturated heterocycles. The Balaban J connectivity index is 1.33. The highest BCUT2D eigenvalue weighted by molar-refractivity contribution is 6.38. The number of ether oxygens (including phenoxy) is 2. The van der Waals surface area contributed by atoms with Gasteiger partial charge in [0.15, 0.2) is 6.61 Å². The number of benzene rings is 3. The lowest BCUT2D eigenvalue weighted by Gasteiger charge is -2.22. The van der Waals surface area contributed by atoms with E-state index in [0.29, 0.717) is 22.9 Å². The lowest BCUT2D eigenvalue weighted by molar-refractivity contribution is -0.140. The average molecular weight is 443 g/mol. The minimum absolute atomic E-state index is 0.0875. The highest BCUT2D eigenvalue weighted by Crippen LogP contribution is 2.24. The summed E-state index contributed by atoms with van der Waals surface area (Å²) in [5.74, 6) is -0.232. The van der Waals surface area contributed by atoms with E-state index in [2.05, 4.69) is 10.4 Å². The summed E-state index contributed by atoms with van der Waals surface area (Å²) in [6, 6.07) is 24.9. The Bertz CT molecular complexity index is 1180. The van der Waals surface area contributed by atoms with E-state index in [0.717, 1.165) is 0 Å². The average Bonchev–Trinajstić information content (AvgIpc) is 2.84. The number of nitrogens with zero attached hydrogens (tertiary/aromatic N) is 2. The summed E-state index contributed by atoms with van der Waals surface area (Å²) >= 11 is 0. The number of hydrogen-bond donors (Lipinski definition) is 1. The van der Waals surface area contributed by atoms with Gasteiger partial charge in [0, 0.05) is 24.6 Å². The van der Waals surface area contributed by atoms with Crippen LogP contribution in [0.2, 0.25) is 0 Å². The van der Waals surface area contributed by atoms with Crippen LogP contribution in [-0.2, 0) is 19.1 Å². The Morgan fingerprint density at radius 1 is 0.879 bits per heavy atom. The van der Waals surface area contributed by atoms with Crippen molar-refractivity contribution in [2.24, 2.45) is 5.10 Å². The third-order valence-corrected chi connectivity index (χ3v) is 4.70. The van der Waals surface area contributed by atoms with E-state index in [1.165, 1.54) is 5.01 Å². The van der Waals surface area contributed by atoms with E-state index in [9.17, 15) is 14.4 Å². The van der Waals surface area contributed by atoms with Gasteiger partial charge < -0.3 is 14.8 Å². The van der Waals surface area contributed by atoms with Crippen LogP contribution in [0.3, 0.4) is 0 Å². The number of hydrogen-bond acceptors (Lipinski definition) is 6. The van der Waals surface area contributed by atoms with Crippen molar-refractivity contribution in [2.75, 3.05) is 16.9 Å². The Morgan fingerprint density at radius 3 is 2.33 bits per heavy atom. The normalized spacial score (nSPS) is 13.2. The molecular weight excluding hydrogens is 422 g/mol. The number of anilines is 2. The van der Waals surface area contributed by atoms with E-state index >= 15 is 0 Å². The number of hydrazone groups is 1. The van der Waals surface area contributed by atoms with Gasteiger partial charge in [0.25, 0.3) is 5.91 Å². The number of carbonyl (C=O) groups excluding carboxylic acids is 3. The highest BCUT2D eigenvalue weighted by atomic mass is 16.5. The standard InChI is InChI=1S/C25H21N3O5/c29-23(26-18-8-7-13-21(16-18)33-20-11-5-2-6-12-20)17-32-25(31)22-14-15-24(30)28(27-22)19-9-3-1-4-10-19/h1-13,16H,14-15,17H2,(H,26,29). The second-order valence-corrected chi connectivity index (χ2v) is 7.16. The number of nitrogens with one attached hydrogen (secondary N) is 1. The van der Waals surface area contributed by atoms with Gasteiger partial charge in [0.05, 0.1) is 5.69 Å². The second kappa shape index (κ2) is 10.2. The molecule has 0 atom stereocenters. The van der Waals surface area contributed by atoms with Crippen molar-refractivity contribution >= 4 is 34.9 Å². The maximum absolute atomic E-state index is 12.4. The number of amides is 2. The van der Waals surface area contributed by atoms with Gasteiger partial charge in [-0.1, -0.05) is 42.5 Å². The van der Waals surface area contributed by atoms with Gasteiger partial charge in [-0.25, -0.2) is 9.80 Å². The molecule has 3 aromatic rings. The van der Waals surface area contributed by atoms with E-state index in [-0.39, 0.29) is 24.5 Å². The molecule has 1 N–H and O–H groups in total. The molecule has 0 fully saturated rings. The number of carbonyl (C=O) groups is 3. The zero-order valence-electron chi connectivity index (χ0n) is 17.6. The van der Waals surface area contributed by atoms with Crippen molar-refractivity contribution in [3.8, 4) is 11.5 Å². The third kappa shape index (κ3) is 5.82. The summed E-state index contributed by atoms with van der Waals surface area (Å²) in [6.45, 7) is -0.485. The molecule has 0 saturated carbocycles. The zero-order valence-corrected chi connectivity index (χ0v) is 17.6. The molecule has 1 aliphatic rings. The van der Waals surface area contributed by atoms with E-state index < -0.39 is 18.5 Å². The quantitative estimate of drug-likeness (QED) is 0.554.